The molecule has 0 aliphatic rings. The lowest BCUT2D eigenvalue weighted by Gasteiger charge is -2.08. The number of nitrogens with one attached hydrogen (secondary N) is 1. The maximum atomic E-state index is 12.2. The molecule has 0 bridgehead atoms. The van der Waals surface area contributed by atoms with Crippen molar-refractivity contribution < 1.29 is 4.79 Å². The number of carbonyl (C=O) groups excluding carboxylic acids is 1. The number of halogens is 1. The molecule has 0 spiro atoms. The molecule has 3 aromatic heterocycles. The van der Waals surface area contributed by atoms with E-state index < -0.39 is 5.91 Å². The molecule has 0 saturated heterocycles. The second kappa shape index (κ2) is 5.57. The first-order valence-corrected chi connectivity index (χ1v) is 6.71. The van der Waals surface area contributed by atoms with E-state index in [4.69, 9.17) is 11.6 Å². The predicted octanol–water partition coefficient (Wildman–Crippen LogP) is 0.817. The Hall–Kier alpha value is -2.74. The maximum Gasteiger partial charge on any atom is 0.264 e. The average molecular weight is 319 g/mol. The van der Waals surface area contributed by atoms with Crippen molar-refractivity contribution in [3.8, 4) is 0 Å². The van der Waals surface area contributed by atoms with Crippen LogP contribution in [0, 0.1) is 0 Å². The van der Waals surface area contributed by atoms with Gasteiger partial charge in [-0.3, -0.25) is 18.8 Å². The molecule has 3 heterocycles. The third kappa shape index (κ3) is 2.56. The highest BCUT2D eigenvalue weighted by molar-refractivity contribution is 6.32. The van der Waals surface area contributed by atoms with E-state index in [1.807, 2.05) is 0 Å². The van der Waals surface area contributed by atoms with Crippen molar-refractivity contribution in [3.05, 3.63) is 46.4 Å². The first-order valence-electron chi connectivity index (χ1n) is 6.34. The van der Waals surface area contributed by atoms with Crippen LogP contribution in [0.4, 0.5) is 5.69 Å². The quantitative estimate of drug-likeness (QED) is 0.721. The molecule has 0 atom stereocenters. The Labute approximate surface area is 129 Å². The van der Waals surface area contributed by atoms with Gasteiger partial charge in [0.15, 0.2) is 10.8 Å². The summed E-state index contributed by atoms with van der Waals surface area (Å²) in [5, 5.41) is 7.11. The minimum absolute atomic E-state index is 0.179. The molecule has 0 aliphatic heterocycles. The number of nitrogens with zero attached hydrogens (tertiary/aromatic N) is 5. The van der Waals surface area contributed by atoms with Crippen molar-refractivity contribution in [2.75, 3.05) is 5.32 Å². The van der Waals surface area contributed by atoms with Crippen molar-refractivity contribution in [2.24, 2.45) is 7.05 Å². The van der Waals surface area contributed by atoms with Crippen molar-refractivity contribution in [1.82, 2.24) is 24.3 Å². The van der Waals surface area contributed by atoms with Gasteiger partial charge in [-0.15, -0.1) is 0 Å². The maximum absolute atomic E-state index is 12.2. The lowest BCUT2D eigenvalue weighted by atomic mass is 10.4. The van der Waals surface area contributed by atoms with E-state index >= 15 is 0 Å². The zero-order valence-corrected chi connectivity index (χ0v) is 12.3. The van der Waals surface area contributed by atoms with Gasteiger partial charge in [0, 0.05) is 13.2 Å². The van der Waals surface area contributed by atoms with E-state index in [0.717, 1.165) is 0 Å². The van der Waals surface area contributed by atoms with Crippen LogP contribution in [-0.4, -0.2) is 30.2 Å². The Balaban J connectivity index is 1.84. The van der Waals surface area contributed by atoms with Gasteiger partial charge >= 0.3 is 0 Å². The number of pyridine rings is 1. The number of anilines is 1. The minimum atomic E-state index is -0.401. The molecule has 112 valence electrons. The van der Waals surface area contributed by atoms with Gasteiger partial charge in [0.25, 0.3) is 5.56 Å². The first kappa shape index (κ1) is 14.2. The molecule has 0 aromatic carbocycles. The van der Waals surface area contributed by atoms with Crippen LogP contribution < -0.4 is 10.9 Å². The number of carbonyl (C=O) groups is 1. The fourth-order valence-electron chi connectivity index (χ4n) is 2.00. The van der Waals surface area contributed by atoms with Gasteiger partial charge in [-0.05, 0) is 12.1 Å². The second-order valence-corrected chi connectivity index (χ2v) is 4.93. The van der Waals surface area contributed by atoms with E-state index in [-0.39, 0.29) is 17.3 Å². The molecule has 22 heavy (non-hydrogen) atoms. The van der Waals surface area contributed by atoms with E-state index in [2.05, 4.69) is 20.4 Å². The second-order valence-electron chi connectivity index (χ2n) is 4.57. The molecule has 0 unspecified atom stereocenters. The fourth-order valence-corrected chi connectivity index (χ4v) is 2.17. The highest BCUT2D eigenvalue weighted by Crippen LogP contribution is 2.17. The molecule has 0 fully saturated rings. The Morgan fingerprint density at radius 3 is 3.00 bits per heavy atom. The van der Waals surface area contributed by atoms with Crippen LogP contribution >= 0.6 is 11.6 Å². The average Bonchev–Trinajstić information content (AvgIpc) is 2.87. The van der Waals surface area contributed by atoms with Crippen LogP contribution in [0.5, 0.6) is 0 Å². The Morgan fingerprint density at radius 2 is 2.23 bits per heavy atom. The summed E-state index contributed by atoms with van der Waals surface area (Å²) in [5.74, 6) is -0.401. The van der Waals surface area contributed by atoms with Crippen molar-refractivity contribution >= 4 is 34.2 Å². The zero-order chi connectivity index (χ0) is 15.7. The van der Waals surface area contributed by atoms with Crippen LogP contribution in [0.25, 0.3) is 11.0 Å². The van der Waals surface area contributed by atoms with Crippen molar-refractivity contribution in [3.63, 3.8) is 0 Å². The minimum Gasteiger partial charge on any atom is -0.322 e. The third-order valence-electron chi connectivity index (χ3n) is 3.07. The summed E-state index contributed by atoms with van der Waals surface area (Å²) in [6.45, 7) is -0.179. The molecule has 9 heteroatoms. The van der Waals surface area contributed by atoms with Crippen molar-refractivity contribution in [2.45, 2.75) is 6.54 Å². The highest BCUT2D eigenvalue weighted by Gasteiger charge is 2.12. The van der Waals surface area contributed by atoms with E-state index in [1.54, 1.807) is 19.2 Å². The van der Waals surface area contributed by atoms with Crippen LogP contribution in [0.3, 0.4) is 0 Å². The number of hydrogen-bond acceptors (Lipinski definition) is 5. The molecule has 0 aliphatic carbocycles. The summed E-state index contributed by atoms with van der Waals surface area (Å²) in [6, 6.07) is 3.27. The number of rotatable bonds is 3. The molecule has 0 radical (unpaired) electrons. The Kier molecular flexibility index (Phi) is 3.60. The normalized spacial score (nSPS) is 10.8. The van der Waals surface area contributed by atoms with Crippen LogP contribution in [-0.2, 0) is 18.4 Å². The van der Waals surface area contributed by atoms with Crippen LogP contribution in [0.15, 0.2) is 35.6 Å². The number of fused-ring (bicyclic) bond motifs is 1. The Morgan fingerprint density at radius 1 is 1.41 bits per heavy atom. The van der Waals surface area contributed by atoms with E-state index in [1.165, 1.54) is 28.0 Å². The standard InChI is InChI=1S/C13H11ClN6O2/c1-19-12-8(5-17-19)13(22)20(7-16-12)6-10(21)18-9-3-2-4-15-11(9)14/h2-5,7H,6H2,1H3,(H,18,21). The molecule has 3 rings (SSSR count). The molecule has 0 saturated carbocycles. The summed E-state index contributed by atoms with van der Waals surface area (Å²) < 4.78 is 2.71. The predicted molar refractivity (Wildman–Crippen MR) is 80.6 cm³/mol. The Bertz CT molecular complexity index is 916. The van der Waals surface area contributed by atoms with Gasteiger partial charge in [0.1, 0.15) is 18.3 Å². The molecular weight excluding hydrogens is 308 g/mol. The van der Waals surface area contributed by atoms with Gasteiger partial charge in [-0.25, -0.2) is 9.97 Å². The van der Waals surface area contributed by atoms with Gasteiger partial charge in [0.2, 0.25) is 5.91 Å². The summed E-state index contributed by atoms with van der Waals surface area (Å²) in [7, 11) is 1.69. The van der Waals surface area contributed by atoms with E-state index in [0.29, 0.717) is 16.7 Å². The first-order chi connectivity index (χ1) is 10.6. The monoisotopic (exact) mass is 318 g/mol. The number of aromatic nitrogens is 5. The zero-order valence-electron chi connectivity index (χ0n) is 11.5. The largest absolute Gasteiger partial charge is 0.322 e. The van der Waals surface area contributed by atoms with E-state index in [9.17, 15) is 9.59 Å². The van der Waals surface area contributed by atoms with Crippen LogP contribution in [0.2, 0.25) is 5.15 Å². The number of hydrogen-bond donors (Lipinski definition) is 1. The summed E-state index contributed by atoms with van der Waals surface area (Å²) >= 11 is 5.87. The SMILES string of the molecule is Cn1ncc2c(=O)n(CC(=O)Nc3cccnc3Cl)cnc21. The number of amides is 1. The highest BCUT2D eigenvalue weighted by atomic mass is 35.5. The smallest absolute Gasteiger partial charge is 0.264 e. The molecule has 3 aromatic rings. The van der Waals surface area contributed by atoms with Gasteiger partial charge in [-0.1, -0.05) is 11.6 Å². The fraction of sp³-hybridized carbons (Fsp3) is 0.154. The summed E-state index contributed by atoms with van der Waals surface area (Å²) in [6.07, 6.45) is 4.26. The lowest BCUT2D eigenvalue weighted by Crippen LogP contribution is -2.28. The molecule has 1 N–H and O–H groups in total. The lowest BCUT2D eigenvalue weighted by molar-refractivity contribution is -0.116. The topological polar surface area (TPSA) is 94.7 Å². The summed E-state index contributed by atoms with van der Waals surface area (Å²) in [4.78, 5) is 32.3. The third-order valence-corrected chi connectivity index (χ3v) is 3.37. The van der Waals surface area contributed by atoms with Gasteiger partial charge in [-0.2, -0.15) is 5.10 Å². The van der Waals surface area contributed by atoms with Gasteiger partial charge < -0.3 is 5.32 Å². The van der Waals surface area contributed by atoms with Gasteiger partial charge in [0.05, 0.1) is 11.9 Å². The van der Waals surface area contributed by atoms with Crippen LogP contribution in [0.1, 0.15) is 0 Å². The summed E-state index contributed by atoms with van der Waals surface area (Å²) in [5.41, 5.74) is 0.528. The molecular formula is C13H11ClN6O2. The molecule has 1 amide bonds. The number of aryl methyl sites for hydroxylation is 1. The molecule has 8 nitrogen and oxygen atoms in total. The van der Waals surface area contributed by atoms with Crippen molar-refractivity contribution in [1.29, 1.82) is 0 Å².